The van der Waals surface area contributed by atoms with Crippen molar-refractivity contribution in [3.8, 4) is 23.0 Å². The van der Waals surface area contributed by atoms with Crippen LogP contribution in [0.15, 0.2) is 89.1 Å². The summed E-state index contributed by atoms with van der Waals surface area (Å²) in [4.78, 5) is 25.0. The molecule has 0 bridgehead atoms. The van der Waals surface area contributed by atoms with Crippen molar-refractivity contribution in [2.24, 2.45) is 10.2 Å². The van der Waals surface area contributed by atoms with E-state index in [-0.39, 0.29) is 24.7 Å². The SMILES string of the molecule is CCCN1N=C(c2ccccc2)c2cc(OC)c(OC)cc2CC1=O.COc1cc2c(cc1OC)C(c1ccc(I)cc1)=NN(C)C(=O)C2. The molecule has 0 spiro atoms. The number of rotatable bonds is 8. The van der Waals surface area contributed by atoms with Gasteiger partial charge in [0.2, 0.25) is 11.8 Å². The molecule has 2 aliphatic heterocycles. The molecule has 11 heteroatoms. The number of hydrogen-bond donors (Lipinski definition) is 0. The van der Waals surface area contributed by atoms with Gasteiger partial charge in [0.05, 0.1) is 52.7 Å². The molecule has 0 saturated carbocycles. The molecule has 6 rings (SSSR count). The number of ether oxygens (including phenoxy) is 4. The molecule has 2 amide bonds. The summed E-state index contributed by atoms with van der Waals surface area (Å²) in [7, 11) is 8.06. The van der Waals surface area contributed by atoms with Crippen molar-refractivity contribution in [1.29, 1.82) is 0 Å². The number of carbonyl (C=O) groups is 2. The molecule has 0 fully saturated rings. The van der Waals surface area contributed by atoms with Crippen LogP contribution in [0.4, 0.5) is 0 Å². The van der Waals surface area contributed by atoms with E-state index in [1.54, 1.807) is 40.5 Å². The van der Waals surface area contributed by atoms with E-state index in [0.717, 1.165) is 54.8 Å². The second kappa shape index (κ2) is 16.0. The quantitative estimate of drug-likeness (QED) is 0.194. The summed E-state index contributed by atoms with van der Waals surface area (Å²) in [5, 5.41) is 12.2. The fourth-order valence-electron chi connectivity index (χ4n) is 5.61. The number of carbonyl (C=O) groups excluding carboxylic acids is 2. The van der Waals surface area contributed by atoms with Crippen molar-refractivity contribution in [1.82, 2.24) is 10.0 Å². The molecular weight excluding hydrogens is 735 g/mol. The van der Waals surface area contributed by atoms with Crippen LogP contribution in [0.3, 0.4) is 0 Å². The van der Waals surface area contributed by atoms with Crippen LogP contribution in [0, 0.1) is 3.57 Å². The maximum atomic E-state index is 12.6. The van der Waals surface area contributed by atoms with Gasteiger partial charge in [-0.15, -0.1) is 0 Å². The Morgan fingerprint density at radius 2 is 1.12 bits per heavy atom. The third kappa shape index (κ3) is 7.88. The Labute approximate surface area is 300 Å². The van der Waals surface area contributed by atoms with Gasteiger partial charge >= 0.3 is 0 Å². The van der Waals surface area contributed by atoms with Crippen LogP contribution >= 0.6 is 22.6 Å². The van der Waals surface area contributed by atoms with Gasteiger partial charge in [0.15, 0.2) is 23.0 Å². The number of fused-ring (bicyclic) bond motifs is 2. The first-order valence-electron chi connectivity index (χ1n) is 15.8. The zero-order valence-electron chi connectivity index (χ0n) is 28.5. The van der Waals surface area contributed by atoms with E-state index in [4.69, 9.17) is 24.0 Å². The van der Waals surface area contributed by atoms with Crippen molar-refractivity contribution >= 4 is 45.8 Å². The van der Waals surface area contributed by atoms with Gasteiger partial charge in [-0.05, 0) is 76.5 Å². The zero-order valence-corrected chi connectivity index (χ0v) is 30.6. The molecule has 4 aromatic carbocycles. The third-order valence-electron chi connectivity index (χ3n) is 8.13. The van der Waals surface area contributed by atoms with Crippen LogP contribution in [0.25, 0.3) is 0 Å². The average Bonchev–Trinajstić information content (AvgIpc) is 3.33. The minimum atomic E-state index is -0.0658. The van der Waals surface area contributed by atoms with Gasteiger partial charge in [0.25, 0.3) is 0 Å². The predicted molar refractivity (Wildman–Crippen MR) is 198 cm³/mol. The highest BCUT2D eigenvalue weighted by atomic mass is 127. The van der Waals surface area contributed by atoms with E-state index in [1.165, 1.54) is 5.01 Å². The lowest BCUT2D eigenvalue weighted by Gasteiger charge is -2.15. The number of hydrazone groups is 2. The number of benzene rings is 4. The molecule has 10 nitrogen and oxygen atoms in total. The van der Waals surface area contributed by atoms with Crippen LogP contribution in [-0.4, -0.2) is 75.3 Å². The average molecular weight is 775 g/mol. The van der Waals surface area contributed by atoms with Gasteiger partial charge in [-0.25, -0.2) is 10.0 Å². The first-order chi connectivity index (χ1) is 23.7. The Morgan fingerprint density at radius 3 is 1.63 bits per heavy atom. The minimum Gasteiger partial charge on any atom is -0.493 e. The third-order valence-corrected chi connectivity index (χ3v) is 8.85. The monoisotopic (exact) mass is 774 g/mol. The van der Waals surface area contributed by atoms with E-state index in [1.807, 2.05) is 85.8 Å². The Hall–Kier alpha value is -4.91. The summed E-state index contributed by atoms with van der Waals surface area (Å²) < 4.78 is 22.8. The second-order valence-corrected chi connectivity index (χ2v) is 12.5. The molecule has 0 radical (unpaired) electrons. The lowest BCUT2D eigenvalue weighted by molar-refractivity contribution is -0.130. The van der Waals surface area contributed by atoms with Gasteiger partial charge < -0.3 is 18.9 Å². The summed E-state index contributed by atoms with van der Waals surface area (Å²) in [6, 6.07) is 25.5. The summed E-state index contributed by atoms with van der Waals surface area (Å²) in [5.74, 6) is 2.39. The van der Waals surface area contributed by atoms with Crippen molar-refractivity contribution in [2.45, 2.75) is 26.2 Å². The molecule has 0 N–H and O–H groups in total. The molecule has 254 valence electrons. The Bertz CT molecular complexity index is 1890. The molecule has 49 heavy (non-hydrogen) atoms. The summed E-state index contributed by atoms with van der Waals surface area (Å²) in [6.45, 7) is 2.63. The molecule has 0 aliphatic carbocycles. The van der Waals surface area contributed by atoms with Crippen LogP contribution in [0.5, 0.6) is 23.0 Å². The van der Waals surface area contributed by atoms with Crippen molar-refractivity contribution in [2.75, 3.05) is 42.0 Å². The summed E-state index contributed by atoms with van der Waals surface area (Å²) in [6.07, 6.45) is 1.40. The molecule has 0 saturated heterocycles. The van der Waals surface area contributed by atoms with Crippen LogP contribution < -0.4 is 18.9 Å². The smallest absolute Gasteiger partial charge is 0.247 e. The topological polar surface area (TPSA) is 102 Å². The highest BCUT2D eigenvalue weighted by molar-refractivity contribution is 14.1. The van der Waals surface area contributed by atoms with E-state index < -0.39 is 0 Å². The van der Waals surface area contributed by atoms with Gasteiger partial charge in [0, 0.05) is 39.4 Å². The Balaban J connectivity index is 0.000000191. The molecular formula is C38H39IN4O6. The first-order valence-corrected chi connectivity index (χ1v) is 16.8. The van der Waals surface area contributed by atoms with Gasteiger partial charge in [0.1, 0.15) is 0 Å². The largest absolute Gasteiger partial charge is 0.493 e. The van der Waals surface area contributed by atoms with E-state index in [9.17, 15) is 9.59 Å². The lowest BCUT2D eigenvalue weighted by Crippen LogP contribution is -2.27. The highest BCUT2D eigenvalue weighted by Crippen LogP contribution is 2.35. The number of methoxy groups -OCH3 is 4. The highest BCUT2D eigenvalue weighted by Gasteiger charge is 2.26. The molecule has 2 heterocycles. The zero-order chi connectivity index (χ0) is 35.1. The van der Waals surface area contributed by atoms with Gasteiger partial charge in [-0.2, -0.15) is 10.2 Å². The molecule has 0 unspecified atom stereocenters. The van der Waals surface area contributed by atoms with Gasteiger partial charge in [-0.3, -0.25) is 9.59 Å². The second-order valence-electron chi connectivity index (χ2n) is 11.3. The number of likely N-dealkylation sites (N-methyl/N-ethyl adjacent to an activating group) is 1. The Kier molecular flexibility index (Phi) is 11.6. The molecule has 0 atom stereocenters. The minimum absolute atomic E-state index is 0.0127. The standard InChI is InChI=1S/C20H22N2O3.C18H17IN2O3/c1-4-10-22-19(23)12-15-11-17(24-2)18(25-3)13-16(15)20(21-22)14-8-6-5-7-9-14;1-21-17(22)9-12-8-15(23-2)16(24-3)10-14(12)18(20-21)11-4-6-13(19)7-5-11/h5-9,11,13H,4,10,12H2,1-3H3;4-8,10H,9H2,1-3H3. The van der Waals surface area contributed by atoms with Gasteiger partial charge in [-0.1, -0.05) is 49.4 Å². The number of halogens is 1. The van der Waals surface area contributed by atoms with Crippen LogP contribution in [-0.2, 0) is 22.4 Å². The molecule has 4 aromatic rings. The maximum Gasteiger partial charge on any atom is 0.247 e. The summed E-state index contributed by atoms with van der Waals surface area (Å²) in [5.41, 5.74) is 6.98. The molecule has 0 aromatic heterocycles. The number of nitrogens with zero attached hydrogens (tertiary/aromatic N) is 4. The lowest BCUT2D eigenvalue weighted by atomic mass is 9.95. The van der Waals surface area contributed by atoms with Crippen molar-refractivity contribution in [3.63, 3.8) is 0 Å². The van der Waals surface area contributed by atoms with E-state index >= 15 is 0 Å². The maximum absolute atomic E-state index is 12.6. The molecule has 2 aliphatic rings. The Morgan fingerprint density at radius 1 is 0.653 bits per heavy atom. The summed E-state index contributed by atoms with van der Waals surface area (Å²) >= 11 is 2.26. The normalized spacial score (nSPS) is 13.9. The van der Waals surface area contributed by atoms with E-state index in [2.05, 4.69) is 27.7 Å². The number of hydrogen-bond acceptors (Lipinski definition) is 8. The fraction of sp³-hybridized carbons (Fsp3) is 0.263. The van der Waals surface area contributed by atoms with Crippen molar-refractivity contribution in [3.05, 3.63) is 116 Å². The van der Waals surface area contributed by atoms with E-state index in [0.29, 0.717) is 29.5 Å². The predicted octanol–water partition coefficient (Wildman–Crippen LogP) is 6.33. The number of amides is 2. The first kappa shape index (κ1) is 35.4. The van der Waals surface area contributed by atoms with Crippen LogP contribution in [0.2, 0.25) is 0 Å². The van der Waals surface area contributed by atoms with Crippen molar-refractivity contribution < 1.29 is 28.5 Å². The van der Waals surface area contributed by atoms with Crippen LogP contribution in [0.1, 0.15) is 46.7 Å². The fourth-order valence-corrected chi connectivity index (χ4v) is 5.97.